The van der Waals surface area contributed by atoms with Crippen molar-refractivity contribution in [3.8, 4) is 11.1 Å². The summed E-state index contributed by atoms with van der Waals surface area (Å²) in [5.74, 6) is -0.198. The number of fused-ring (bicyclic) bond motifs is 1. The largest absolute Gasteiger partial charge is 0.305 e. The second-order valence-electron chi connectivity index (χ2n) is 6.46. The fourth-order valence-electron chi connectivity index (χ4n) is 3.28. The van der Waals surface area contributed by atoms with Crippen molar-refractivity contribution in [1.82, 2.24) is 4.57 Å². The number of carbonyl (C=O) groups is 1. The summed E-state index contributed by atoms with van der Waals surface area (Å²) in [4.78, 5) is 25.4. The maximum atomic E-state index is 13.1. The van der Waals surface area contributed by atoms with E-state index in [1.165, 1.54) is 6.92 Å². The first-order chi connectivity index (χ1) is 11.4. The van der Waals surface area contributed by atoms with E-state index in [0.717, 1.165) is 27.6 Å². The van der Waals surface area contributed by atoms with Crippen molar-refractivity contribution < 1.29 is 4.79 Å². The molecular formula is C21H21NO2. The second-order valence-corrected chi connectivity index (χ2v) is 6.46. The lowest BCUT2D eigenvalue weighted by molar-refractivity contribution is 0.101. The first-order valence-corrected chi connectivity index (χ1v) is 8.17. The molecule has 0 aliphatic heterocycles. The van der Waals surface area contributed by atoms with Crippen LogP contribution in [0.3, 0.4) is 0 Å². The fraction of sp³-hybridized carbons (Fsp3) is 0.238. The van der Waals surface area contributed by atoms with E-state index in [2.05, 4.69) is 6.07 Å². The third-order valence-electron chi connectivity index (χ3n) is 4.29. The van der Waals surface area contributed by atoms with Crippen molar-refractivity contribution in [2.45, 2.75) is 33.7 Å². The number of rotatable bonds is 3. The molecule has 0 fully saturated rings. The van der Waals surface area contributed by atoms with Gasteiger partial charge in [-0.3, -0.25) is 9.59 Å². The summed E-state index contributed by atoms with van der Waals surface area (Å²) in [6.45, 7) is 7.42. The number of nitrogens with zero attached hydrogens (tertiary/aromatic N) is 1. The minimum absolute atomic E-state index is 0.0226. The molecule has 0 saturated heterocycles. The van der Waals surface area contributed by atoms with Crippen molar-refractivity contribution in [2.75, 3.05) is 0 Å². The quantitative estimate of drug-likeness (QED) is 0.653. The number of aromatic nitrogens is 1. The molecule has 3 nitrogen and oxygen atoms in total. The Kier molecular flexibility index (Phi) is 4.10. The molecule has 0 radical (unpaired) electrons. The van der Waals surface area contributed by atoms with Gasteiger partial charge >= 0.3 is 0 Å². The van der Waals surface area contributed by atoms with Crippen LogP contribution >= 0.6 is 0 Å². The Morgan fingerprint density at radius 1 is 1.04 bits per heavy atom. The molecule has 0 amide bonds. The lowest BCUT2D eigenvalue weighted by Gasteiger charge is -2.20. The van der Waals surface area contributed by atoms with Crippen LogP contribution in [0.5, 0.6) is 0 Å². The molecule has 3 rings (SSSR count). The predicted octanol–water partition coefficient (Wildman–Crippen LogP) is 4.76. The first-order valence-electron chi connectivity index (χ1n) is 8.17. The fourth-order valence-corrected chi connectivity index (χ4v) is 3.28. The van der Waals surface area contributed by atoms with E-state index in [-0.39, 0.29) is 22.9 Å². The van der Waals surface area contributed by atoms with Crippen LogP contribution in [0, 0.1) is 6.92 Å². The molecule has 0 bridgehead atoms. The Bertz CT molecular complexity index is 982. The molecule has 0 aliphatic carbocycles. The van der Waals surface area contributed by atoms with Crippen LogP contribution in [-0.2, 0) is 0 Å². The van der Waals surface area contributed by atoms with Crippen LogP contribution in [0.1, 0.15) is 42.7 Å². The van der Waals surface area contributed by atoms with E-state index >= 15 is 0 Å². The van der Waals surface area contributed by atoms with Gasteiger partial charge in [0.15, 0.2) is 5.78 Å². The lowest BCUT2D eigenvalue weighted by atomic mass is 9.93. The summed E-state index contributed by atoms with van der Waals surface area (Å²) < 4.78 is 1.72. The van der Waals surface area contributed by atoms with Gasteiger partial charge in [0.1, 0.15) is 0 Å². The number of ketones is 1. The SMILES string of the molecule is CC(=O)c1c(-c2ccccc2)c2cc(C)ccc2n(C(C)C)c1=O. The summed E-state index contributed by atoms with van der Waals surface area (Å²) in [6.07, 6.45) is 0. The highest BCUT2D eigenvalue weighted by Crippen LogP contribution is 2.32. The molecule has 0 aliphatic rings. The molecule has 1 aromatic heterocycles. The molecule has 0 spiro atoms. The van der Waals surface area contributed by atoms with E-state index in [1.54, 1.807) is 4.57 Å². The number of Topliss-reactive ketones (excluding diaryl/α,β-unsaturated/α-hetero) is 1. The van der Waals surface area contributed by atoms with Crippen molar-refractivity contribution >= 4 is 16.7 Å². The Hall–Kier alpha value is -2.68. The van der Waals surface area contributed by atoms with E-state index in [4.69, 9.17) is 0 Å². The van der Waals surface area contributed by atoms with E-state index in [0.29, 0.717) is 0 Å². The van der Waals surface area contributed by atoms with Crippen LogP contribution in [0.4, 0.5) is 0 Å². The molecule has 0 atom stereocenters. The van der Waals surface area contributed by atoms with E-state index in [9.17, 15) is 9.59 Å². The van der Waals surface area contributed by atoms with Crippen LogP contribution in [0.25, 0.3) is 22.0 Å². The number of carbonyl (C=O) groups excluding carboxylic acids is 1. The summed E-state index contributed by atoms with van der Waals surface area (Å²) >= 11 is 0. The van der Waals surface area contributed by atoms with Gasteiger partial charge in [-0.15, -0.1) is 0 Å². The Morgan fingerprint density at radius 3 is 2.29 bits per heavy atom. The van der Waals surface area contributed by atoms with E-state index in [1.807, 2.05) is 63.2 Å². The maximum Gasteiger partial charge on any atom is 0.262 e. The molecule has 3 heteroatoms. The normalized spacial score (nSPS) is 11.2. The minimum atomic E-state index is -0.215. The van der Waals surface area contributed by atoms with Gasteiger partial charge in [-0.05, 0) is 45.4 Å². The summed E-state index contributed by atoms with van der Waals surface area (Å²) in [5.41, 5.74) is 3.66. The molecular weight excluding hydrogens is 298 g/mol. The highest BCUT2D eigenvalue weighted by atomic mass is 16.1. The van der Waals surface area contributed by atoms with Gasteiger partial charge in [-0.1, -0.05) is 42.0 Å². The average Bonchev–Trinajstić information content (AvgIpc) is 2.54. The summed E-state index contributed by atoms with van der Waals surface area (Å²) in [7, 11) is 0. The molecule has 24 heavy (non-hydrogen) atoms. The molecule has 0 unspecified atom stereocenters. The zero-order chi connectivity index (χ0) is 17.4. The van der Waals surface area contributed by atoms with Gasteiger partial charge in [0, 0.05) is 17.0 Å². The standard InChI is InChI=1S/C21H21NO2/c1-13(2)22-18-11-10-14(3)12-17(18)20(16-8-6-5-7-9-16)19(15(4)23)21(22)24/h5-13H,1-4H3. The molecule has 0 saturated carbocycles. The second kappa shape index (κ2) is 6.08. The van der Waals surface area contributed by atoms with Crippen molar-refractivity contribution in [2.24, 2.45) is 0 Å². The summed E-state index contributed by atoms with van der Waals surface area (Å²) in [6, 6.07) is 15.7. The van der Waals surface area contributed by atoms with Gasteiger partial charge in [-0.2, -0.15) is 0 Å². The van der Waals surface area contributed by atoms with Crippen LogP contribution in [0.2, 0.25) is 0 Å². The minimum Gasteiger partial charge on any atom is -0.305 e. The highest BCUT2D eigenvalue weighted by molar-refractivity contribution is 6.08. The maximum absolute atomic E-state index is 13.1. The van der Waals surface area contributed by atoms with Gasteiger partial charge in [0.25, 0.3) is 5.56 Å². The van der Waals surface area contributed by atoms with Crippen LogP contribution < -0.4 is 5.56 Å². The molecule has 1 heterocycles. The zero-order valence-corrected chi connectivity index (χ0v) is 14.5. The Labute approximate surface area is 141 Å². The molecule has 2 aromatic carbocycles. The third-order valence-corrected chi connectivity index (χ3v) is 4.29. The zero-order valence-electron chi connectivity index (χ0n) is 14.5. The van der Waals surface area contributed by atoms with Gasteiger partial charge in [0.05, 0.1) is 11.1 Å². The highest BCUT2D eigenvalue weighted by Gasteiger charge is 2.22. The van der Waals surface area contributed by atoms with Crippen LogP contribution in [0.15, 0.2) is 53.3 Å². The number of hydrogen-bond donors (Lipinski definition) is 0. The number of aryl methyl sites for hydroxylation is 1. The van der Waals surface area contributed by atoms with E-state index < -0.39 is 0 Å². The molecule has 3 aromatic rings. The Morgan fingerprint density at radius 2 is 1.71 bits per heavy atom. The third kappa shape index (κ3) is 2.56. The summed E-state index contributed by atoms with van der Waals surface area (Å²) in [5, 5.41) is 0.944. The lowest BCUT2D eigenvalue weighted by Crippen LogP contribution is -2.28. The van der Waals surface area contributed by atoms with Gasteiger partial charge in [0.2, 0.25) is 0 Å². The first kappa shape index (κ1) is 16.2. The van der Waals surface area contributed by atoms with Crippen molar-refractivity contribution in [3.63, 3.8) is 0 Å². The average molecular weight is 319 g/mol. The topological polar surface area (TPSA) is 39.1 Å². The van der Waals surface area contributed by atoms with Crippen molar-refractivity contribution in [1.29, 1.82) is 0 Å². The number of hydrogen-bond acceptors (Lipinski definition) is 2. The van der Waals surface area contributed by atoms with Crippen molar-refractivity contribution in [3.05, 3.63) is 70.0 Å². The predicted molar refractivity (Wildman–Crippen MR) is 98.8 cm³/mol. The van der Waals surface area contributed by atoms with Gasteiger partial charge < -0.3 is 4.57 Å². The number of pyridine rings is 1. The monoisotopic (exact) mass is 319 g/mol. The smallest absolute Gasteiger partial charge is 0.262 e. The molecule has 122 valence electrons. The van der Waals surface area contributed by atoms with Crippen LogP contribution in [-0.4, -0.2) is 10.4 Å². The number of benzene rings is 2. The molecule has 0 N–H and O–H groups in total. The Balaban J connectivity index is 2.61. The van der Waals surface area contributed by atoms with Gasteiger partial charge in [-0.25, -0.2) is 0 Å².